The first-order valence-electron chi connectivity index (χ1n) is 9.80. The Morgan fingerprint density at radius 2 is 1.70 bits per heavy atom. The summed E-state index contributed by atoms with van der Waals surface area (Å²) < 4.78 is 45.4. The van der Waals surface area contributed by atoms with Gasteiger partial charge in [-0.3, -0.25) is 0 Å². The second-order valence-electron chi connectivity index (χ2n) is 7.38. The van der Waals surface area contributed by atoms with Gasteiger partial charge in [0.15, 0.2) is 5.82 Å². The number of nitrogens with zero attached hydrogens (tertiary/aromatic N) is 1. The third-order valence-electron chi connectivity index (χ3n) is 5.45. The van der Waals surface area contributed by atoms with Gasteiger partial charge in [0.05, 0.1) is 6.61 Å². The zero-order chi connectivity index (χ0) is 19.2. The van der Waals surface area contributed by atoms with Crippen LogP contribution in [0, 0.1) is 23.6 Å². The van der Waals surface area contributed by atoms with Crippen LogP contribution in [0.2, 0.25) is 0 Å². The molecule has 1 aliphatic rings. The van der Waals surface area contributed by atoms with Crippen molar-refractivity contribution in [2.45, 2.75) is 57.8 Å². The fourth-order valence-electron chi connectivity index (χ4n) is 3.86. The summed E-state index contributed by atoms with van der Waals surface area (Å²) in [6.45, 7) is 2.82. The Morgan fingerprint density at radius 3 is 2.37 bits per heavy atom. The van der Waals surface area contributed by atoms with E-state index in [1.807, 2.05) is 12.1 Å². The monoisotopic (exact) mass is 377 g/mol. The maximum Gasteiger partial charge on any atom is 0.251 e. The largest absolute Gasteiger partial charge is 0.494 e. The average molecular weight is 377 g/mol. The van der Waals surface area contributed by atoms with E-state index in [2.05, 4.69) is 24.0 Å². The molecule has 2 aromatic rings. The molecule has 0 N–H and O–H groups in total. The third-order valence-corrected chi connectivity index (χ3v) is 5.45. The smallest absolute Gasteiger partial charge is 0.251 e. The topological polar surface area (TPSA) is 22.1 Å². The Hall–Kier alpha value is -2.04. The fourth-order valence-corrected chi connectivity index (χ4v) is 3.86. The molecule has 0 radical (unpaired) electrons. The van der Waals surface area contributed by atoms with Crippen molar-refractivity contribution in [2.24, 2.45) is 5.92 Å². The summed E-state index contributed by atoms with van der Waals surface area (Å²) in [6, 6.07) is 9.31. The van der Waals surface area contributed by atoms with Gasteiger partial charge in [-0.25, -0.2) is 4.39 Å². The van der Waals surface area contributed by atoms with E-state index in [1.54, 1.807) is 0 Å². The zero-order valence-corrected chi connectivity index (χ0v) is 15.7. The molecule has 0 aliphatic heterocycles. The molecule has 0 spiro atoms. The minimum absolute atomic E-state index is 0.165. The van der Waals surface area contributed by atoms with Gasteiger partial charge in [-0.1, -0.05) is 19.1 Å². The minimum Gasteiger partial charge on any atom is -0.494 e. The highest BCUT2D eigenvalue weighted by Crippen LogP contribution is 2.38. The second kappa shape index (κ2) is 9.25. The Labute approximate surface area is 158 Å². The van der Waals surface area contributed by atoms with Gasteiger partial charge < -0.3 is 4.74 Å². The van der Waals surface area contributed by atoms with Crippen molar-refractivity contribution in [3.8, 4) is 5.75 Å². The van der Waals surface area contributed by atoms with Crippen LogP contribution in [-0.2, 0) is 6.42 Å². The average Bonchev–Trinajstić information content (AvgIpc) is 2.69. The van der Waals surface area contributed by atoms with Crippen molar-refractivity contribution in [1.29, 1.82) is 0 Å². The maximum absolute atomic E-state index is 13.7. The molecule has 0 saturated heterocycles. The van der Waals surface area contributed by atoms with E-state index in [4.69, 9.17) is 4.74 Å². The van der Waals surface area contributed by atoms with E-state index in [-0.39, 0.29) is 5.56 Å². The predicted molar refractivity (Wildman–Crippen MR) is 99.4 cm³/mol. The summed E-state index contributed by atoms with van der Waals surface area (Å²) in [6.07, 6.45) is 6.50. The lowest BCUT2D eigenvalue weighted by Crippen LogP contribution is -2.14. The fraction of sp³-hybridized carbons (Fsp3) is 0.500. The van der Waals surface area contributed by atoms with Gasteiger partial charge in [0.1, 0.15) is 5.75 Å². The highest BCUT2D eigenvalue weighted by atomic mass is 19.2. The summed E-state index contributed by atoms with van der Waals surface area (Å²) in [4.78, 5) is 3.00. The van der Waals surface area contributed by atoms with E-state index in [0.29, 0.717) is 18.3 Å². The summed E-state index contributed by atoms with van der Waals surface area (Å²) in [5, 5.41) is 0. The Balaban J connectivity index is 1.48. The van der Waals surface area contributed by atoms with E-state index >= 15 is 0 Å². The molecule has 0 bridgehead atoms. The van der Waals surface area contributed by atoms with E-state index in [1.165, 1.54) is 5.56 Å². The number of rotatable bonds is 7. The molecule has 1 heterocycles. The molecule has 1 fully saturated rings. The molecule has 1 aromatic carbocycles. The molecule has 0 atom stereocenters. The molecule has 1 aromatic heterocycles. The molecule has 27 heavy (non-hydrogen) atoms. The number of halogens is 3. The first-order chi connectivity index (χ1) is 13.1. The number of aryl methyl sites for hydroxylation is 1. The summed E-state index contributed by atoms with van der Waals surface area (Å²) in [5.74, 6) is -1.40. The highest BCUT2D eigenvalue weighted by molar-refractivity contribution is 5.29. The molecule has 1 saturated carbocycles. The van der Waals surface area contributed by atoms with Crippen LogP contribution in [0.15, 0.2) is 30.3 Å². The van der Waals surface area contributed by atoms with Crippen molar-refractivity contribution >= 4 is 0 Å². The van der Waals surface area contributed by atoms with E-state index < -0.39 is 17.7 Å². The minimum atomic E-state index is -1.37. The number of pyridine rings is 1. The standard InChI is InChI=1S/C22H26F3NO/c1-2-13-27-19-11-9-17(10-12-19)16-6-3-15(4-7-16)5-8-18-14-20(23)22(25)26-21(18)24/h9-12,14-16H,2-8,13H2,1H3/t15-,16-. The Morgan fingerprint density at radius 1 is 1.00 bits per heavy atom. The number of benzene rings is 1. The predicted octanol–water partition coefficient (Wildman–Crippen LogP) is 6.19. The van der Waals surface area contributed by atoms with Gasteiger partial charge in [0.2, 0.25) is 5.95 Å². The molecular weight excluding hydrogens is 351 g/mol. The van der Waals surface area contributed by atoms with Crippen LogP contribution in [0.4, 0.5) is 13.2 Å². The van der Waals surface area contributed by atoms with Gasteiger partial charge in [0, 0.05) is 5.56 Å². The van der Waals surface area contributed by atoms with Crippen molar-refractivity contribution in [2.75, 3.05) is 6.61 Å². The molecule has 146 valence electrons. The van der Waals surface area contributed by atoms with Gasteiger partial charge in [-0.05, 0) is 80.5 Å². The van der Waals surface area contributed by atoms with E-state index in [0.717, 1.165) is 56.9 Å². The van der Waals surface area contributed by atoms with Crippen molar-refractivity contribution in [3.63, 3.8) is 0 Å². The van der Waals surface area contributed by atoms with Gasteiger partial charge in [-0.15, -0.1) is 0 Å². The molecular formula is C22H26F3NO. The Bertz CT molecular complexity index is 740. The van der Waals surface area contributed by atoms with Crippen LogP contribution in [0.1, 0.15) is 62.5 Å². The molecule has 1 aliphatic carbocycles. The zero-order valence-electron chi connectivity index (χ0n) is 15.7. The van der Waals surface area contributed by atoms with E-state index in [9.17, 15) is 13.2 Å². The first kappa shape index (κ1) is 19.7. The number of hydrogen-bond donors (Lipinski definition) is 0. The van der Waals surface area contributed by atoms with Crippen LogP contribution >= 0.6 is 0 Å². The quantitative estimate of drug-likeness (QED) is 0.536. The number of hydrogen-bond acceptors (Lipinski definition) is 2. The summed E-state index contributed by atoms with van der Waals surface area (Å²) in [5.41, 5.74) is 1.51. The van der Waals surface area contributed by atoms with Gasteiger partial charge in [0.25, 0.3) is 5.95 Å². The van der Waals surface area contributed by atoms with Crippen LogP contribution in [0.3, 0.4) is 0 Å². The van der Waals surface area contributed by atoms with Crippen LogP contribution < -0.4 is 4.74 Å². The van der Waals surface area contributed by atoms with Crippen LogP contribution in [0.5, 0.6) is 5.75 Å². The summed E-state index contributed by atoms with van der Waals surface area (Å²) in [7, 11) is 0. The highest BCUT2D eigenvalue weighted by Gasteiger charge is 2.23. The molecule has 0 unspecified atom stereocenters. The molecule has 5 heteroatoms. The van der Waals surface area contributed by atoms with Crippen LogP contribution in [-0.4, -0.2) is 11.6 Å². The third kappa shape index (κ3) is 5.24. The molecule has 0 amide bonds. The van der Waals surface area contributed by atoms with Gasteiger partial charge >= 0.3 is 0 Å². The SMILES string of the molecule is CCCOc1ccc([C@H]2CC[C@H](CCc3cc(F)c(F)nc3F)CC2)cc1. The normalized spacial score (nSPS) is 19.9. The molecule has 3 rings (SSSR count). The molecule has 2 nitrogen and oxygen atoms in total. The Kier molecular flexibility index (Phi) is 6.75. The lowest BCUT2D eigenvalue weighted by Gasteiger charge is -2.29. The number of ether oxygens (including phenoxy) is 1. The second-order valence-corrected chi connectivity index (χ2v) is 7.38. The van der Waals surface area contributed by atoms with Crippen molar-refractivity contribution in [1.82, 2.24) is 4.98 Å². The maximum atomic E-state index is 13.7. The first-order valence-corrected chi connectivity index (χ1v) is 9.80. The lowest BCUT2D eigenvalue weighted by atomic mass is 9.77. The van der Waals surface area contributed by atoms with Crippen LogP contribution in [0.25, 0.3) is 0 Å². The summed E-state index contributed by atoms with van der Waals surface area (Å²) >= 11 is 0. The van der Waals surface area contributed by atoms with Gasteiger partial charge in [-0.2, -0.15) is 13.8 Å². The van der Waals surface area contributed by atoms with Crippen molar-refractivity contribution in [3.05, 3.63) is 59.2 Å². The number of aromatic nitrogens is 1. The van der Waals surface area contributed by atoms with Crippen molar-refractivity contribution < 1.29 is 17.9 Å². The lowest BCUT2D eigenvalue weighted by molar-refractivity contribution is 0.307.